The van der Waals surface area contributed by atoms with Gasteiger partial charge in [-0.1, -0.05) is 12.0 Å². The van der Waals surface area contributed by atoms with Gasteiger partial charge in [-0.2, -0.15) is 5.26 Å². The lowest BCUT2D eigenvalue weighted by atomic mass is 10.2. The number of rotatable bonds is 9. The Morgan fingerprint density at radius 3 is 2.54 bits per heavy atom. The first-order valence-electron chi connectivity index (χ1n) is 11.9. The molecule has 0 spiro atoms. The summed E-state index contributed by atoms with van der Waals surface area (Å²) in [5.74, 6) is 1.10. The summed E-state index contributed by atoms with van der Waals surface area (Å²) in [5, 5.41) is 15.1. The number of aromatic nitrogens is 1. The summed E-state index contributed by atoms with van der Waals surface area (Å²) in [7, 11) is 3.40. The summed E-state index contributed by atoms with van der Waals surface area (Å²) in [6, 6.07) is 14.8. The number of likely N-dealkylation sites (N-methyl/N-ethyl adjacent to an activating group) is 2. The van der Waals surface area contributed by atoms with Gasteiger partial charge in [-0.3, -0.25) is 19.0 Å². The van der Waals surface area contributed by atoms with Crippen LogP contribution in [0.15, 0.2) is 53.3 Å². The molecule has 200 valence electrons. The number of thiazole rings is 1. The smallest absolute Gasteiger partial charge is 0.270 e. The van der Waals surface area contributed by atoms with Crippen molar-refractivity contribution in [1.29, 1.82) is 5.26 Å². The van der Waals surface area contributed by atoms with E-state index in [1.165, 1.54) is 27.8 Å². The van der Waals surface area contributed by atoms with Gasteiger partial charge in [-0.15, -0.1) is 17.8 Å². The lowest BCUT2D eigenvalue weighted by molar-refractivity contribution is -0.117. The Morgan fingerprint density at radius 2 is 1.90 bits per heavy atom. The predicted octanol–water partition coefficient (Wildman–Crippen LogP) is 1.44. The Kier molecular flexibility index (Phi) is 9.63. The highest BCUT2D eigenvalue weighted by atomic mass is 32.1. The number of benzene rings is 2. The molecular formula is C28H27FN6O3S. The molecule has 0 saturated carbocycles. The summed E-state index contributed by atoms with van der Waals surface area (Å²) < 4.78 is 15.1. The quantitative estimate of drug-likeness (QED) is 0.393. The second kappa shape index (κ2) is 13.1. The van der Waals surface area contributed by atoms with Crippen LogP contribution in [0.1, 0.15) is 6.92 Å². The molecule has 0 radical (unpaired) electrons. The van der Waals surface area contributed by atoms with Gasteiger partial charge >= 0.3 is 0 Å². The molecule has 11 heteroatoms. The van der Waals surface area contributed by atoms with Gasteiger partial charge in [0.15, 0.2) is 5.57 Å². The molecule has 2 N–H and O–H groups in total. The van der Waals surface area contributed by atoms with Gasteiger partial charge in [-0.05, 0) is 49.4 Å². The van der Waals surface area contributed by atoms with E-state index in [-0.39, 0.29) is 47.2 Å². The summed E-state index contributed by atoms with van der Waals surface area (Å²) in [4.78, 5) is 41.4. The molecule has 0 fully saturated rings. The molecule has 0 aliphatic rings. The summed E-state index contributed by atoms with van der Waals surface area (Å²) in [5.41, 5.74) is 1.40. The van der Waals surface area contributed by atoms with Crippen LogP contribution in [-0.2, 0) is 16.1 Å². The van der Waals surface area contributed by atoms with Gasteiger partial charge in [0.2, 0.25) is 5.91 Å². The van der Waals surface area contributed by atoms with Crippen LogP contribution in [0.3, 0.4) is 0 Å². The summed E-state index contributed by atoms with van der Waals surface area (Å²) in [6.07, 6.45) is 6.67. The number of hydrogen-bond acceptors (Lipinski definition) is 7. The standard InChI is InChI=1S/C28H27FN6O3S/c1-5-14-31-26(37)23(16-30)28-35(6-2)27(38)24(39-28)17-32-20-8-7-9-22(15-20)34(4)25(36)18-33(3)21-12-10-19(29)11-13-21/h1,7-13,15,17,32H,6,14,18H2,2-4H3,(H,31,37). The van der Waals surface area contributed by atoms with E-state index in [1.807, 2.05) is 6.07 Å². The fourth-order valence-electron chi connectivity index (χ4n) is 3.60. The zero-order valence-electron chi connectivity index (χ0n) is 21.7. The fraction of sp³-hybridized carbons (Fsp3) is 0.214. The van der Waals surface area contributed by atoms with Crippen LogP contribution < -0.4 is 35.2 Å². The molecule has 0 bridgehead atoms. The molecule has 3 rings (SSSR count). The van der Waals surface area contributed by atoms with Crippen LogP contribution in [0, 0.1) is 29.5 Å². The van der Waals surface area contributed by atoms with E-state index in [0.717, 1.165) is 11.3 Å². The van der Waals surface area contributed by atoms with E-state index in [2.05, 4.69) is 16.6 Å². The second-order valence-corrected chi connectivity index (χ2v) is 9.35. The van der Waals surface area contributed by atoms with Crippen molar-refractivity contribution in [3.63, 3.8) is 0 Å². The normalized spacial score (nSPS) is 11.7. The number of nitrogens with zero attached hydrogens (tertiary/aromatic N) is 4. The van der Waals surface area contributed by atoms with E-state index >= 15 is 0 Å². The maximum absolute atomic E-state index is 13.2. The minimum absolute atomic E-state index is 0.0396. The van der Waals surface area contributed by atoms with E-state index < -0.39 is 5.91 Å². The van der Waals surface area contributed by atoms with Crippen LogP contribution in [0.5, 0.6) is 0 Å². The predicted molar refractivity (Wildman–Crippen MR) is 152 cm³/mol. The van der Waals surface area contributed by atoms with Crippen LogP contribution in [-0.4, -0.2) is 43.6 Å². The topological polar surface area (TPSA) is 110 Å². The maximum Gasteiger partial charge on any atom is 0.270 e. The zero-order chi connectivity index (χ0) is 28.5. The molecule has 9 nitrogen and oxygen atoms in total. The van der Waals surface area contributed by atoms with Gasteiger partial charge in [0.25, 0.3) is 11.5 Å². The molecule has 39 heavy (non-hydrogen) atoms. The molecule has 0 aliphatic heterocycles. The molecule has 3 aromatic rings. The number of nitriles is 1. The number of amides is 2. The Bertz CT molecular complexity index is 1630. The van der Waals surface area contributed by atoms with Gasteiger partial charge < -0.3 is 20.4 Å². The third kappa shape index (κ3) is 6.92. The SMILES string of the molecule is C#CCNC(=O)C(C#N)=c1sc(=CNc2cccc(N(C)C(=O)CN(C)c3ccc(F)cc3)c2)c(=O)n1CC. The van der Waals surface area contributed by atoms with Crippen molar-refractivity contribution in [1.82, 2.24) is 9.88 Å². The number of hydrogen-bond donors (Lipinski definition) is 2. The largest absolute Gasteiger partial charge is 0.365 e. The van der Waals surface area contributed by atoms with Crippen molar-refractivity contribution in [2.75, 3.05) is 42.3 Å². The minimum Gasteiger partial charge on any atom is -0.365 e. The highest BCUT2D eigenvalue weighted by molar-refractivity contribution is 7.07. The molecule has 2 amide bonds. The first-order valence-corrected chi connectivity index (χ1v) is 12.7. The van der Waals surface area contributed by atoms with Crippen LogP contribution in [0.25, 0.3) is 11.8 Å². The van der Waals surface area contributed by atoms with Crippen LogP contribution >= 0.6 is 11.3 Å². The monoisotopic (exact) mass is 546 g/mol. The van der Waals surface area contributed by atoms with E-state index in [4.69, 9.17) is 6.42 Å². The average Bonchev–Trinajstić information content (AvgIpc) is 3.25. The Morgan fingerprint density at radius 1 is 1.18 bits per heavy atom. The van der Waals surface area contributed by atoms with Gasteiger partial charge in [0.1, 0.15) is 21.1 Å². The van der Waals surface area contributed by atoms with Crippen LogP contribution in [0.2, 0.25) is 0 Å². The summed E-state index contributed by atoms with van der Waals surface area (Å²) in [6.45, 7) is 2.04. The van der Waals surface area contributed by atoms with E-state index in [9.17, 15) is 24.0 Å². The third-order valence-corrected chi connectivity index (χ3v) is 6.88. The molecule has 1 aromatic heterocycles. The number of terminal acetylenes is 1. The third-order valence-electron chi connectivity index (χ3n) is 5.75. The fourth-order valence-corrected chi connectivity index (χ4v) is 4.69. The van der Waals surface area contributed by atoms with Crippen molar-refractivity contribution in [3.8, 4) is 18.4 Å². The van der Waals surface area contributed by atoms with Crippen molar-refractivity contribution in [2.24, 2.45) is 0 Å². The van der Waals surface area contributed by atoms with Gasteiger partial charge in [0.05, 0.1) is 13.1 Å². The lowest BCUT2D eigenvalue weighted by Gasteiger charge is -2.23. The molecule has 0 atom stereocenters. The van der Waals surface area contributed by atoms with Crippen molar-refractivity contribution >= 4 is 52.0 Å². The zero-order valence-corrected chi connectivity index (χ0v) is 22.5. The lowest BCUT2D eigenvalue weighted by Crippen LogP contribution is -2.36. The molecule has 1 heterocycles. The molecule has 2 aromatic carbocycles. The average molecular weight is 547 g/mol. The number of anilines is 3. The Labute approximate surface area is 229 Å². The van der Waals surface area contributed by atoms with Crippen molar-refractivity contribution in [3.05, 3.63) is 73.9 Å². The number of carbonyl (C=O) groups is 2. The molecule has 0 aliphatic carbocycles. The Balaban J connectivity index is 1.83. The van der Waals surface area contributed by atoms with Gasteiger partial charge in [0, 0.05) is 43.9 Å². The maximum atomic E-state index is 13.2. The van der Waals surface area contributed by atoms with Gasteiger partial charge in [-0.25, -0.2) is 4.39 Å². The first kappa shape index (κ1) is 28.7. The number of nitrogens with one attached hydrogen (secondary N) is 2. The van der Waals surface area contributed by atoms with E-state index in [1.54, 1.807) is 62.3 Å². The molecular weight excluding hydrogens is 519 g/mol. The van der Waals surface area contributed by atoms with Crippen molar-refractivity contribution in [2.45, 2.75) is 13.5 Å². The molecule has 0 saturated heterocycles. The first-order chi connectivity index (χ1) is 18.7. The van der Waals surface area contributed by atoms with E-state index in [0.29, 0.717) is 21.6 Å². The highest BCUT2D eigenvalue weighted by Crippen LogP contribution is 2.20. The number of carbonyl (C=O) groups excluding carboxylic acids is 2. The van der Waals surface area contributed by atoms with Crippen molar-refractivity contribution < 1.29 is 14.0 Å². The highest BCUT2D eigenvalue weighted by Gasteiger charge is 2.16. The van der Waals surface area contributed by atoms with Crippen LogP contribution in [0.4, 0.5) is 21.5 Å². The molecule has 0 unspecified atom stereocenters. The Hall–Kier alpha value is -4.87. The number of halogens is 1. The second-order valence-electron chi connectivity index (χ2n) is 8.32. The summed E-state index contributed by atoms with van der Waals surface area (Å²) >= 11 is 1.01. The minimum atomic E-state index is -0.649.